The lowest BCUT2D eigenvalue weighted by Gasteiger charge is -2.39. The standard InChI is InChI=1S/C20H31N3O4/c1-5-26-17(24)20(9-6-10-20)23-14-16(13-21-23)15-7-11-22(12-8-15)18(25)27-19(2,3)4/h13-15H,5-12H2,1-4H3. The average Bonchev–Trinajstić information content (AvgIpc) is 3.03. The molecule has 150 valence electrons. The van der Waals surface area contributed by atoms with Crippen LogP contribution in [-0.2, 0) is 19.8 Å². The minimum absolute atomic E-state index is 0.175. The first-order valence-electron chi connectivity index (χ1n) is 9.95. The maximum absolute atomic E-state index is 12.4. The van der Waals surface area contributed by atoms with Gasteiger partial charge in [-0.15, -0.1) is 0 Å². The lowest BCUT2D eigenvalue weighted by Crippen LogP contribution is -2.49. The van der Waals surface area contributed by atoms with Crippen LogP contribution in [0.3, 0.4) is 0 Å². The Bertz CT molecular complexity index is 680. The number of hydrogen-bond donors (Lipinski definition) is 0. The number of rotatable bonds is 4. The van der Waals surface area contributed by atoms with Gasteiger partial charge in [-0.3, -0.25) is 4.68 Å². The maximum atomic E-state index is 12.4. The van der Waals surface area contributed by atoms with Crippen molar-refractivity contribution in [1.82, 2.24) is 14.7 Å². The molecule has 27 heavy (non-hydrogen) atoms. The van der Waals surface area contributed by atoms with E-state index in [0.29, 0.717) is 25.6 Å². The minimum atomic E-state index is -0.620. The Morgan fingerprint density at radius 1 is 1.26 bits per heavy atom. The molecule has 1 aromatic heterocycles. The molecule has 1 aliphatic heterocycles. The van der Waals surface area contributed by atoms with Crippen LogP contribution in [0.25, 0.3) is 0 Å². The normalized spacial score (nSPS) is 20.1. The molecular formula is C20H31N3O4. The molecular weight excluding hydrogens is 346 g/mol. The highest BCUT2D eigenvalue weighted by Gasteiger charge is 2.48. The third-order valence-corrected chi connectivity index (χ3v) is 5.50. The molecule has 0 spiro atoms. The van der Waals surface area contributed by atoms with E-state index in [4.69, 9.17) is 9.47 Å². The smallest absolute Gasteiger partial charge is 0.410 e. The first-order valence-corrected chi connectivity index (χ1v) is 9.95. The van der Waals surface area contributed by atoms with Crippen molar-refractivity contribution in [3.63, 3.8) is 0 Å². The Kier molecular flexibility index (Phi) is 5.49. The molecule has 0 radical (unpaired) electrons. The number of ether oxygens (including phenoxy) is 2. The quantitative estimate of drug-likeness (QED) is 0.752. The predicted octanol–water partition coefficient (Wildman–Crippen LogP) is 3.44. The zero-order valence-corrected chi connectivity index (χ0v) is 16.9. The Labute approximate surface area is 161 Å². The highest BCUT2D eigenvalue weighted by Crippen LogP contribution is 2.41. The summed E-state index contributed by atoms with van der Waals surface area (Å²) in [5, 5.41) is 4.50. The van der Waals surface area contributed by atoms with Crippen LogP contribution in [0, 0.1) is 0 Å². The molecule has 0 unspecified atom stereocenters. The van der Waals surface area contributed by atoms with Gasteiger partial charge in [-0.1, -0.05) is 0 Å². The third-order valence-electron chi connectivity index (χ3n) is 5.50. The molecule has 0 atom stereocenters. The van der Waals surface area contributed by atoms with Gasteiger partial charge in [-0.25, -0.2) is 9.59 Å². The van der Waals surface area contributed by atoms with Crippen LogP contribution in [0.5, 0.6) is 0 Å². The first kappa shape index (κ1) is 19.7. The Morgan fingerprint density at radius 2 is 1.93 bits per heavy atom. The van der Waals surface area contributed by atoms with Crippen molar-refractivity contribution < 1.29 is 19.1 Å². The fourth-order valence-electron chi connectivity index (χ4n) is 3.81. The van der Waals surface area contributed by atoms with Crippen molar-refractivity contribution in [3.8, 4) is 0 Å². The molecule has 7 nitrogen and oxygen atoms in total. The van der Waals surface area contributed by atoms with Crippen molar-refractivity contribution in [1.29, 1.82) is 0 Å². The molecule has 2 aliphatic rings. The molecule has 0 aromatic carbocycles. The van der Waals surface area contributed by atoms with Gasteiger partial charge in [0.1, 0.15) is 5.60 Å². The van der Waals surface area contributed by atoms with Crippen molar-refractivity contribution in [3.05, 3.63) is 18.0 Å². The summed E-state index contributed by atoms with van der Waals surface area (Å²) >= 11 is 0. The van der Waals surface area contributed by atoms with Crippen LogP contribution in [-0.4, -0.2) is 52.0 Å². The summed E-state index contributed by atoms with van der Waals surface area (Å²) in [6, 6.07) is 0. The Hall–Kier alpha value is -2.05. The number of hydrogen-bond acceptors (Lipinski definition) is 5. The molecule has 0 bridgehead atoms. The van der Waals surface area contributed by atoms with E-state index in [1.54, 1.807) is 4.90 Å². The van der Waals surface area contributed by atoms with E-state index >= 15 is 0 Å². The Balaban J connectivity index is 1.62. The summed E-state index contributed by atoms with van der Waals surface area (Å²) in [5.74, 6) is 0.169. The molecule has 1 saturated heterocycles. The topological polar surface area (TPSA) is 73.7 Å². The number of carbonyl (C=O) groups excluding carboxylic acids is 2. The fraction of sp³-hybridized carbons (Fsp3) is 0.750. The largest absolute Gasteiger partial charge is 0.464 e. The highest BCUT2D eigenvalue weighted by molar-refractivity contribution is 5.79. The summed E-state index contributed by atoms with van der Waals surface area (Å²) in [6.07, 6.45) is 7.95. The number of aromatic nitrogens is 2. The second-order valence-corrected chi connectivity index (χ2v) is 8.57. The van der Waals surface area contributed by atoms with Gasteiger partial charge in [0.05, 0.1) is 12.8 Å². The second-order valence-electron chi connectivity index (χ2n) is 8.57. The minimum Gasteiger partial charge on any atom is -0.464 e. The van der Waals surface area contributed by atoms with E-state index in [2.05, 4.69) is 5.10 Å². The number of piperidine rings is 1. The van der Waals surface area contributed by atoms with Crippen LogP contribution in [0.1, 0.15) is 71.3 Å². The van der Waals surface area contributed by atoms with E-state index in [-0.39, 0.29) is 12.1 Å². The highest BCUT2D eigenvalue weighted by atomic mass is 16.6. The van der Waals surface area contributed by atoms with Crippen molar-refractivity contribution in [2.75, 3.05) is 19.7 Å². The van der Waals surface area contributed by atoms with Gasteiger partial charge in [-0.2, -0.15) is 5.10 Å². The number of likely N-dealkylation sites (tertiary alicyclic amines) is 1. The molecule has 7 heteroatoms. The summed E-state index contributed by atoms with van der Waals surface area (Å²) in [4.78, 5) is 26.4. The van der Waals surface area contributed by atoms with Crippen molar-refractivity contribution in [2.45, 2.75) is 76.9 Å². The maximum Gasteiger partial charge on any atom is 0.410 e. The van der Waals surface area contributed by atoms with Gasteiger partial charge >= 0.3 is 12.1 Å². The van der Waals surface area contributed by atoms with E-state index in [0.717, 1.165) is 37.7 Å². The average molecular weight is 377 g/mol. The van der Waals surface area contributed by atoms with E-state index < -0.39 is 11.1 Å². The molecule has 1 aromatic rings. The van der Waals surface area contributed by atoms with Gasteiger partial charge in [0, 0.05) is 19.3 Å². The summed E-state index contributed by atoms with van der Waals surface area (Å²) in [6.45, 7) is 9.21. The summed E-state index contributed by atoms with van der Waals surface area (Å²) < 4.78 is 12.5. The second kappa shape index (κ2) is 7.52. The molecule has 1 aliphatic carbocycles. The zero-order chi connectivity index (χ0) is 19.7. The molecule has 3 rings (SSSR count). The van der Waals surface area contributed by atoms with E-state index in [1.807, 2.05) is 44.8 Å². The van der Waals surface area contributed by atoms with Gasteiger partial charge in [-0.05, 0) is 71.3 Å². The van der Waals surface area contributed by atoms with Crippen LogP contribution in [0.4, 0.5) is 4.79 Å². The number of nitrogens with zero attached hydrogens (tertiary/aromatic N) is 3. The van der Waals surface area contributed by atoms with Crippen LogP contribution < -0.4 is 0 Å². The molecule has 1 saturated carbocycles. The number of amides is 1. The van der Waals surface area contributed by atoms with Crippen LogP contribution >= 0.6 is 0 Å². The first-order chi connectivity index (χ1) is 12.7. The van der Waals surface area contributed by atoms with Gasteiger partial charge < -0.3 is 14.4 Å². The van der Waals surface area contributed by atoms with Crippen LogP contribution in [0.2, 0.25) is 0 Å². The lowest BCUT2D eigenvalue weighted by molar-refractivity contribution is -0.160. The van der Waals surface area contributed by atoms with Gasteiger partial charge in [0.2, 0.25) is 0 Å². The van der Waals surface area contributed by atoms with Crippen molar-refractivity contribution in [2.24, 2.45) is 0 Å². The van der Waals surface area contributed by atoms with E-state index in [1.165, 1.54) is 0 Å². The van der Waals surface area contributed by atoms with Crippen molar-refractivity contribution >= 4 is 12.1 Å². The molecule has 1 amide bonds. The molecule has 2 fully saturated rings. The van der Waals surface area contributed by atoms with E-state index in [9.17, 15) is 9.59 Å². The monoisotopic (exact) mass is 377 g/mol. The lowest BCUT2D eigenvalue weighted by atomic mass is 9.77. The van der Waals surface area contributed by atoms with Gasteiger partial charge in [0.15, 0.2) is 5.54 Å². The predicted molar refractivity (Wildman–Crippen MR) is 100 cm³/mol. The number of esters is 1. The summed E-state index contributed by atoms with van der Waals surface area (Å²) in [7, 11) is 0. The number of carbonyl (C=O) groups is 2. The SMILES string of the molecule is CCOC(=O)C1(n2cc(C3CCN(C(=O)OC(C)(C)C)CC3)cn2)CCC1. The molecule has 0 N–H and O–H groups in total. The molecule has 2 heterocycles. The summed E-state index contributed by atoms with van der Waals surface area (Å²) in [5.41, 5.74) is 0.0412. The fourth-order valence-corrected chi connectivity index (χ4v) is 3.81. The zero-order valence-electron chi connectivity index (χ0n) is 16.9. The van der Waals surface area contributed by atoms with Crippen LogP contribution in [0.15, 0.2) is 12.4 Å². The third kappa shape index (κ3) is 4.12. The Morgan fingerprint density at radius 3 is 2.44 bits per heavy atom. The van der Waals surface area contributed by atoms with Gasteiger partial charge in [0.25, 0.3) is 0 Å².